The molecule has 3 rings (SSSR count). The third-order valence-corrected chi connectivity index (χ3v) is 3.77. The topological polar surface area (TPSA) is 37.4 Å². The van der Waals surface area contributed by atoms with Crippen LogP contribution in [0.15, 0.2) is 30.3 Å². The summed E-state index contributed by atoms with van der Waals surface area (Å²) in [5.74, 6) is -0.0813. The molecule has 0 N–H and O–H groups in total. The number of rotatable bonds is 1. The fourth-order valence-electron chi connectivity index (χ4n) is 2.74. The molecule has 19 heavy (non-hydrogen) atoms. The molecule has 0 aromatic heterocycles. The molecule has 0 unspecified atom stereocenters. The Kier molecular flexibility index (Phi) is 2.45. The minimum Gasteiger partial charge on any atom is -0.277 e. The van der Waals surface area contributed by atoms with Crippen LogP contribution in [-0.2, 0) is 0 Å². The fraction of sp³-hybridized carbons (Fsp3) is 0.250. The van der Waals surface area contributed by atoms with E-state index in [1.165, 1.54) is 17.5 Å². The molecule has 0 saturated heterocycles. The molecule has 2 aromatic rings. The highest BCUT2D eigenvalue weighted by Gasteiger charge is 2.30. The monoisotopic (exact) mass is 253 g/mol. The van der Waals surface area contributed by atoms with Crippen LogP contribution in [-0.4, -0.2) is 23.8 Å². The van der Waals surface area contributed by atoms with E-state index >= 15 is 0 Å². The van der Waals surface area contributed by atoms with Crippen LogP contribution in [0.4, 0.5) is 0 Å². The van der Waals surface area contributed by atoms with E-state index in [-0.39, 0.29) is 11.8 Å². The molecular formula is C16H15NO2. The van der Waals surface area contributed by atoms with Gasteiger partial charge in [0.2, 0.25) is 0 Å². The predicted molar refractivity (Wildman–Crippen MR) is 74.5 cm³/mol. The van der Waals surface area contributed by atoms with Gasteiger partial charge in [-0.05, 0) is 29.0 Å². The Morgan fingerprint density at radius 1 is 0.947 bits per heavy atom. The number of hydrogen-bond donors (Lipinski definition) is 0. The van der Waals surface area contributed by atoms with Crippen LogP contribution < -0.4 is 0 Å². The van der Waals surface area contributed by atoms with E-state index in [0.29, 0.717) is 17.0 Å². The zero-order chi connectivity index (χ0) is 13.7. The van der Waals surface area contributed by atoms with Crippen molar-refractivity contribution in [2.75, 3.05) is 7.05 Å². The zero-order valence-corrected chi connectivity index (χ0v) is 11.2. The third kappa shape index (κ3) is 1.51. The van der Waals surface area contributed by atoms with Crippen LogP contribution in [0.3, 0.4) is 0 Å². The van der Waals surface area contributed by atoms with Crippen LogP contribution in [0.2, 0.25) is 0 Å². The van der Waals surface area contributed by atoms with Crippen molar-refractivity contribution in [3.63, 3.8) is 0 Å². The minimum absolute atomic E-state index is 0.219. The van der Waals surface area contributed by atoms with Crippen molar-refractivity contribution in [3.05, 3.63) is 47.0 Å². The van der Waals surface area contributed by atoms with Crippen molar-refractivity contribution < 1.29 is 9.59 Å². The number of imide groups is 1. The molecular weight excluding hydrogens is 238 g/mol. The second kappa shape index (κ2) is 3.92. The first-order chi connectivity index (χ1) is 9.02. The maximum Gasteiger partial charge on any atom is 0.261 e. The Balaban J connectivity index is 2.47. The summed E-state index contributed by atoms with van der Waals surface area (Å²) in [7, 11) is 1.53. The Labute approximate surface area is 111 Å². The van der Waals surface area contributed by atoms with E-state index in [1.807, 2.05) is 24.3 Å². The van der Waals surface area contributed by atoms with Gasteiger partial charge in [-0.2, -0.15) is 0 Å². The summed E-state index contributed by atoms with van der Waals surface area (Å²) in [6.07, 6.45) is 0. The quantitative estimate of drug-likeness (QED) is 0.732. The van der Waals surface area contributed by atoms with Crippen molar-refractivity contribution in [1.29, 1.82) is 0 Å². The second-order valence-electron chi connectivity index (χ2n) is 5.25. The number of nitrogens with zero attached hydrogens (tertiary/aromatic N) is 1. The molecule has 1 aliphatic heterocycles. The first-order valence-corrected chi connectivity index (χ1v) is 6.40. The van der Waals surface area contributed by atoms with Crippen molar-refractivity contribution in [2.45, 2.75) is 19.8 Å². The largest absolute Gasteiger partial charge is 0.277 e. The summed E-state index contributed by atoms with van der Waals surface area (Å²) in [6.45, 7) is 4.23. The summed E-state index contributed by atoms with van der Waals surface area (Å²) in [5, 5.41) is 1.82. The molecule has 0 saturated carbocycles. The van der Waals surface area contributed by atoms with Crippen LogP contribution >= 0.6 is 0 Å². The SMILES string of the molecule is CC(C)c1ccc2c3c(cccc13)C(=O)N(C)C2=O. The molecule has 1 heterocycles. The lowest BCUT2D eigenvalue weighted by Gasteiger charge is -2.25. The number of carbonyl (C=O) groups excluding carboxylic acids is 2. The average Bonchev–Trinajstić information content (AvgIpc) is 2.41. The van der Waals surface area contributed by atoms with Crippen molar-refractivity contribution in [1.82, 2.24) is 4.90 Å². The predicted octanol–water partition coefficient (Wildman–Crippen LogP) is 3.19. The molecule has 3 heteroatoms. The Bertz CT molecular complexity index is 694. The van der Waals surface area contributed by atoms with Crippen molar-refractivity contribution >= 4 is 22.6 Å². The van der Waals surface area contributed by atoms with Gasteiger partial charge in [-0.1, -0.05) is 32.0 Å². The molecule has 0 atom stereocenters. The van der Waals surface area contributed by atoms with Gasteiger partial charge in [0.05, 0.1) is 0 Å². The summed E-state index contributed by atoms with van der Waals surface area (Å²) >= 11 is 0. The van der Waals surface area contributed by atoms with Gasteiger partial charge in [0, 0.05) is 23.6 Å². The lowest BCUT2D eigenvalue weighted by atomic mass is 9.88. The highest BCUT2D eigenvalue weighted by molar-refractivity contribution is 6.25. The number of carbonyl (C=O) groups is 2. The summed E-state index contributed by atoms with van der Waals surface area (Å²) in [4.78, 5) is 25.6. The van der Waals surface area contributed by atoms with Crippen LogP contribution in [0.25, 0.3) is 10.8 Å². The summed E-state index contributed by atoms with van der Waals surface area (Å²) in [6, 6.07) is 9.50. The first kappa shape index (κ1) is 11.9. The van der Waals surface area contributed by atoms with Gasteiger partial charge >= 0.3 is 0 Å². The maximum atomic E-state index is 12.2. The van der Waals surface area contributed by atoms with Gasteiger partial charge < -0.3 is 0 Å². The van der Waals surface area contributed by atoms with Crippen LogP contribution in [0.1, 0.15) is 46.0 Å². The number of hydrogen-bond acceptors (Lipinski definition) is 2. The van der Waals surface area contributed by atoms with E-state index in [0.717, 1.165) is 10.8 Å². The Morgan fingerprint density at radius 2 is 1.58 bits per heavy atom. The molecule has 2 amide bonds. The highest BCUT2D eigenvalue weighted by Crippen LogP contribution is 2.34. The zero-order valence-electron chi connectivity index (χ0n) is 11.2. The molecule has 0 aliphatic carbocycles. The van der Waals surface area contributed by atoms with Crippen molar-refractivity contribution in [2.24, 2.45) is 0 Å². The molecule has 0 bridgehead atoms. The van der Waals surface area contributed by atoms with Gasteiger partial charge in [-0.15, -0.1) is 0 Å². The lowest BCUT2D eigenvalue weighted by molar-refractivity contribution is 0.0650. The molecule has 2 aromatic carbocycles. The van der Waals surface area contributed by atoms with E-state index in [2.05, 4.69) is 13.8 Å². The van der Waals surface area contributed by atoms with Gasteiger partial charge in [0.15, 0.2) is 0 Å². The molecule has 0 radical (unpaired) electrons. The smallest absolute Gasteiger partial charge is 0.261 e. The minimum atomic E-state index is -0.219. The van der Waals surface area contributed by atoms with Gasteiger partial charge in [-0.3, -0.25) is 14.5 Å². The maximum absolute atomic E-state index is 12.2. The van der Waals surface area contributed by atoms with Gasteiger partial charge in [0.1, 0.15) is 0 Å². The first-order valence-electron chi connectivity index (χ1n) is 6.40. The average molecular weight is 253 g/mol. The van der Waals surface area contributed by atoms with E-state index in [4.69, 9.17) is 0 Å². The number of amides is 2. The molecule has 96 valence electrons. The third-order valence-electron chi connectivity index (χ3n) is 3.77. The normalized spacial score (nSPS) is 14.6. The summed E-state index contributed by atoms with van der Waals surface area (Å²) in [5.41, 5.74) is 2.42. The number of benzene rings is 2. The van der Waals surface area contributed by atoms with Crippen LogP contribution in [0.5, 0.6) is 0 Å². The second-order valence-corrected chi connectivity index (χ2v) is 5.25. The van der Waals surface area contributed by atoms with E-state index < -0.39 is 0 Å². The van der Waals surface area contributed by atoms with Crippen LogP contribution in [0, 0.1) is 0 Å². The van der Waals surface area contributed by atoms with E-state index in [1.54, 1.807) is 6.07 Å². The Morgan fingerprint density at radius 3 is 2.21 bits per heavy atom. The highest BCUT2D eigenvalue weighted by atomic mass is 16.2. The van der Waals surface area contributed by atoms with Gasteiger partial charge in [-0.25, -0.2) is 0 Å². The standard InChI is InChI=1S/C16H15NO2/c1-9(2)10-7-8-13-14-11(10)5-4-6-12(14)15(18)17(3)16(13)19/h4-9H,1-3H3. The van der Waals surface area contributed by atoms with Crippen molar-refractivity contribution in [3.8, 4) is 0 Å². The molecule has 0 spiro atoms. The van der Waals surface area contributed by atoms with E-state index in [9.17, 15) is 9.59 Å². The Hall–Kier alpha value is -2.16. The molecule has 3 nitrogen and oxygen atoms in total. The summed E-state index contributed by atoms with van der Waals surface area (Å²) < 4.78 is 0. The lowest BCUT2D eigenvalue weighted by Crippen LogP contribution is -2.36. The molecule has 0 fully saturated rings. The fourth-order valence-corrected chi connectivity index (χ4v) is 2.74. The van der Waals surface area contributed by atoms with Gasteiger partial charge in [0.25, 0.3) is 11.8 Å². The molecule has 1 aliphatic rings.